The van der Waals surface area contributed by atoms with Crippen molar-refractivity contribution in [3.05, 3.63) is 39.3 Å². The highest BCUT2D eigenvalue weighted by Crippen LogP contribution is 2.26. The highest BCUT2D eigenvalue weighted by atomic mass is 35.5. The molecular formula is C10H11ClN6O2. The number of anilines is 1. The van der Waals surface area contributed by atoms with Crippen LogP contribution in [-0.4, -0.2) is 31.4 Å². The van der Waals surface area contributed by atoms with Gasteiger partial charge in [0.25, 0.3) is 0 Å². The number of aryl methyl sites for hydroxylation is 1. The van der Waals surface area contributed by atoms with Gasteiger partial charge in [0.15, 0.2) is 0 Å². The fraction of sp³-hybridized carbons (Fsp3) is 0.300. The molecular weight excluding hydrogens is 272 g/mol. The van der Waals surface area contributed by atoms with Crippen molar-refractivity contribution in [2.24, 2.45) is 0 Å². The molecule has 2 N–H and O–H groups in total. The Hall–Kier alpha value is -2.22. The van der Waals surface area contributed by atoms with E-state index in [1.807, 2.05) is 0 Å². The summed E-state index contributed by atoms with van der Waals surface area (Å²) >= 11 is 5.70. The average molecular weight is 283 g/mol. The molecule has 8 nitrogen and oxygen atoms in total. The Morgan fingerprint density at radius 3 is 2.95 bits per heavy atom. The summed E-state index contributed by atoms with van der Waals surface area (Å²) in [5, 5.41) is 13.8. The van der Waals surface area contributed by atoms with Crippen LogP contribution >= 0.6 is 11.6 Å². The minimum Gasteiger partial charge on any atom is -0.364 e. The first-order valence-corrected chi connectivity index (χ1v) is 5.86. The zero-order valence-corrected chi connectivity index (χ0v) is 10.8. The molecule has 0 radical (unpaired) electrons. The Labute approximate surface area is 113 Å². The molecule has 0 amide bonds. The number of nitrogens with zero attached hydrogens (tertiary/aromatic N) is 4. The normalized spacial score (nSPS) is 10.4. The lowest BCUT2D eigenvalue weighted by atomic mass is 10.3. The fourth-order valence-electron chi connectivity index (χ4n) is 1.61. The quantitative estimate of drug-likeness (QED) is 0.491. The van der Waals surface area contributed by atoms with E-state index in [9.17, 15) is 10.1 Å². The van der Waals surface area contributed by atoms with E-state index in [4.69, 9.17) is 11.6 Å². The lowest BCUT2D eigenvalue weighted by Gasteiger charge is -2.06. The number of imidazole rings is 1. The maximum Gasteiger partial charge on any atom is 0.332 e. The van der Waals surface area contributed by atoms with Crippen LogP contribution in [0.4, 0.5) is 11.5 Å². The number of rotatable bonds is 5. The summed E-state index contributed by atoms with van der Waals surface area (Å²) in [6.45, 7) is 1.96. The minimum atomic E-state index is -0.527. The van der Waals surface area contributed by atoms with Gasteiger partial charge in [-0.1, -0.05) is 0 Å². The van der Waals surface area contributed by atoms with Gasteiger partial charge in [-0.2, -0.15) is 4.98 Å². The molecule has 0 saturated heterocycles. The van der Waals surface area contributed by atoms with Crippen LogP contribution in [0.3, 0.4) is 0 Å². The number of halogens is 1. The predicted octanol–water partition coefficient (Wildman–Crippen LogP) is 1.72. The molecule has 9 heteroatoms. The number of hydrogen-bond donors (Lipinski definition) is 2. The summed E-state index contributed by atoms with van der Waals surface area (Å²) in [5.74, 6) is 0.904. The Bertz CT molecular complexity index is 586. The van der Waals surface area contributed by atoms with Gasteiger partial charge in [0, 0.05) is 25.4 Å². The second-order valence-corrected chi connectivity index (χ2v) is 4.08. The first-order valence-electron chi connectivity index (χ1n) is 5.48. The zero-order chi connectivity index (χ0) is 13.8. The molecule has 2 rings (SSSR count). The van der Waals surface area contributed by atoms with Crippen molar-refractivity contribution in [2.75, 3.05) is 11.9 Å². The molecule has 0 aliphatic heterocycles. The average Bonchev–Trinajstić information content (AvgIpc) is 2.80. The van der Waals surface area contributed by atoms with Gasteiger partial charge in [0.1, 0.15) is 11.5 Å². The van der Waals surface area contributed by atoms with E-state index < -0.39 is 4.92 Å². The molecule has 0 aromatic carbocycles. The van der Waals surface area contributed by atoms with Crippen LogP contribution in [0.2, 0.25) is 5.28 Å². The van der Waals surface area contributed by atoms with Gasteiger partial charge in [0.2, 0.25) is 11.1 Å². The summed E-state index contributed by atoms with van der Waals surface area (Å²) in [5.41, 5.74) is 0.0642. The second-order valence-electron chi connectivity index (χ2n) is 3.75. The molecule has 0 aliphatic carbocycles. The van der Waals surface area contributed by atoms with E-state index in [1.165, 1.54) is 6.92 Å². The summed E-state index contributed by atoms with van der Waals surface area (Å²) < 4.78 is 0. The van der Waals surface area contributed by atoms with Gasteiger partial charge in [-0.3, -0.25) is 10.1 Å². The topological polar surface area (TPSA) is 110 Å². The summed E-state index contributed by atoms with van der Waals surface area (Å²) in [4.78, 5) is 25.0. The van der Waals surface area contributed by atoms with Crippen molar-refractivity contribution in [2.45, 2.75) is 13.3 Å². The molecule has 2 heterocycles. The van der Waals surface area contributed by atoms with Gasteiger partial charge in [-0.15, -0.1) is 0 Å². The van der Waals surface area contributed by atoms with Crippen LogP contribution in [0.15, 0.2) is 12.4 Å². The van der Waals surface area contributed by atoms with Crippen molar-refractivity contribution in [3.63, 3.8) is 0 Å². The molecule has 0 aliphatic rings. The number of nitrogens with one attached hydrogen (secondary N) is 2. The molecule has 2 aromatic heterocycles. The van der Waals surface area contributed by atoms with E-state index in [2.05, 4.69) is 25.3 Å². The maximum atomic E-state index is 11.0. The lowest BCUT2D eigenvalue weighted by molar-refractivity contribution is -0.385. The minimum absolute atomic E-state index is 0.0244. The zero-order valence-electron chi connectivity index (χ0n) is 10.1. The largest absolute Gasteiger partial charge is 0.364 e. The SMILES string of the molecule is Cc1nc(Cl)nc(NCCc2ncc[nH]2)c1[N+](=O)[O-]. The van der Waals surface area contributed by atoms with Gasteiger partial charge >= 0.3 is 5.69 Å². The lowest BCUT2D eigenvalue weighted by Crippen LogP contribution is -2.11. The smallest absolute Gasteiger partial charge is 0.332 e. The van der Waals surface area contributed by atoms with E-state index in [0.717, 1.165) is 5.82 Å². The monoisotopic (exact) mass is 282 g/mol. The summed E-state index contributed by atoms with van der Waals surface area (Å²) in [6.07, 6.45) is 3.94. The molecule has 19 heavy (non-hydrogen) atoms. The highest BCUT2D eigenvalue weighted by Gasteiger charge is 2.21. The second kappa shape index (κ2) is 5.61. The molecule has 0 spiro atoms. The number of hydrogen-bond acceptors (Lipinski definition) is 6. The van der Waals surface area contributed by atoms with E-state index >= 15 is 0 Å². The molecule has 0 bridgehead atoms. The van der Waals surface area contributed by atoms with Crippen LogP contribution in [-0.2, 0) is 6.42 Å². The molecule has 2 aromatic rings. The van der Waals surface area contributed by atoms with Crippen LogP contribution in [0, 0.1) is 17.0 Å². The van der Waals surface area contributed by atoms with Crippen LogP contribution in [0.1, 0.15) is 11.5 Å². The van der Waals surface area contributed by atoms with Crippen molar-refractivity contribution in [1.82, 2.24) is 19.9 Å². The predicted molar refractivity (Wildman–Crippen MR) is 69.2 cm³/mol. The van der Waals surface area contributed by atoms with E-state index in [1.54, 1.807) is 12.4 Å². The van der Waals surface area contributed by atoms with Crippen LogP contribution in [0.5, 0.6) is 0 Å². The molecule has 0 unspecified atom stereocenters. The first-order chi connectivity index (χ1) is 9.08. The molecule has 0 atom stereocenters. The number of aromatic nitrogens is 4. The van der Waals surface area contributed by atoms with Crippen molar-refractivity contribution in [1.29, 1.82) is 0 Å². The van der Waals surface area contributed by atoms with Crippen LogP contribution in [0.25, 0.3) is 0 Å². The molecule has 100 valence electrons. The van der Waals surface area contributed by atoms with Gasteiger partial charge in [0.05, 0.1) is 4.92 Å². The van der Waals surface area contributed by atoms with Gasteiger partial charge in [-0.25, -0.2) is 9.97 Å². The number of H-pyrrole nitrogens is 1. The summed E-state index contributed by atoms with van der Waals surface area (Å²) in [6, 6.07) is 0. The number of aromatic amines is 1. The van der Waals surface area contributed by atoms with E-state index in [0.29, 0.717) is 13.0 Å². The third-order valence-corrected chi connectivity index (χ3v) is 2.59. The molecule has 0 saturated carbocycles. The van der Waals surface area contributed by atoms with Crippen molar-refractivity contribution >= 4 is 23.1 Å². The third-order valence-electron chi connectivity index (χ3n) is 2.42. The van der Waals surface area contributed by atoms with Gasteiger partial charge < -0.3 is 10.3 Å². The van der Waals surface area contributed by atoms with Crippen molar-refractivity contribution in [3.8, 4) is 0 Å². The van der Waals surface area contributed by atoms with Crippen LogP contribution < -0.4 is 5.32 Å². The standard InChI is InChI=1S/C10H11ClN6O2/c1-6-8(17(18)19)9(16-10(11)15-6)14-3-2-7-12-4-5-13-7/h4-5H,2-3H2,1H3,(H,12,13)(H,14,15,16). The Balaban J connectivity index is 2.12. The fourth-order valence-corrected chi connectivity index (χ4v) is 1.82. The molecule has 0 fully saturated rings. The van der Waals surface area contributed by atoms with Gasteiger partial charge in [-0.05, 0) is 18.5 Å². The number of nitro groups is 1. The summed E-state index contributed by atoms with van der Waals surface area (Å²) in [7, 11) is 0. The first kappa shape index (κ1) is 13.2. The third kappa shape index (κ3) is 3.16. The van der Waals surface area contributed by atoms with E-state index in [-0.39, 0.29) is 22.5 Å². The highest BCUT2D eigenvalue weighted by molar-refractivity contribution is 6.28. The Kier molecular flexibility index (Phi) is 3.91. The van der Waals surface area contributed by atoms with Crippen molar-refractivity contribution < 1.29 is 4.92 Å². The Morgan fingerprint density at radius 2 is 2.32 bits per heavy atom. The maximum absolute atomic E-state index is 11.0. The Morgan fingerprint density at radius 1 is 1.53 bits per heavy atom.